The van der Waals surface area contributed by atoms with Gasteiger partial charge in [-0.25, -0.2) is 14.6 Å². The van der Waals surface area contributed by atoms with Crippen molar-refractivity contribution in [1.29, 1.82) is 0 Å². The van der Waals surface area contributed by atoms with Gasteiger partial charge in [-0.15, -0.1) is 0 Å². The summed E-state index contributed by atoms with van der Waals surface area (Å²) >= 11 is 0. The number of hydrogen-bond acceptors (Lipinski definition) is 4. The number of ether oxygens (including phenoxy) is 1. The Labute approximate surface area is 100 Å². The normalized spacial score (nSPS) is 17.2. The van der Waals surface area contributed by atoms with Gasteiger partial charge in [0.1, 0.15) is 6.61 Å². The second-order valence-corrected chi connectivity index (χ2v) is 4.20. The van der Waals surface area contributed by atoms with Crippen LogP contribution in [-0.2, 0) is 9.53 Å². The molecule has 0 aromatic carbocycles. The summed E-state index contributed by atoms with van der Waals surface area (Å²) in [5.41, 5.74) is 2.66. The molecule has 0 aliphatic carbocycles. The monoisotopic (exact) mass is 245 g/mol. The third-order valence-electron chi connectivity index (χ3n) is 2.49. The number of nitrogens with one attached hydrogen (secondary N) is 1. The first kappa shape index (κ1) is 13.7. The van der Waals surface area contributed by atoms with Gasteiger partial charge in [0.25, 0.3) is 0 Å². The fourth-order valence-electron chi connectivity index (χ4n) is 1.68. The van der Waals surface area contributed by atoms with Crippen molar-refractivity contribution < 1.29 is 19.4 Å². The molecule has 0 bridgehead atoms. The fraction of sp³-hybridized carbons (Fsp3) is 0.800. The fourth-order valence-corrected chi connectivity index (χ4v) is 1.68. The summed E-state index contributed by atoms with van der Waals surface area (Å²) in [5, 5.41) is 10.1. The number of nitrogens with zero attached hydrogens (tertiary/aromatic N) is 2. The Morgan fingerprint density at radius 3 is 2.47 bits per heavy atom. The minimum absolute atomic E-state index is 0.0606. The van der Waals surface area contributed by atoms with E-state index in [1.54, 1.807) is 24.0 Å². The predicted octanol–water partition coefficient (Wildman–Crippen LogP) is -0.262. The highest BCUT2D eigenvalue weighted by molar-refractivity contribution is 5.73. The lowest BCUT2D eigenvalue weighted by Gasteiger charge is -2.32. The quantitative estimate of drug-likeness (QED) is 0.667. The smallest absolute Gasteiger partial charge is 0.331 e. The molecule has 0 unspecified atom stereocenters. The molecule has 1 saturated heterocycles. The van der Waals surface area contributed by atoms with E-state index in [0.717, 1.165) is 0 Å². The van der Waals surface area contributed by atoms with E-state index >= 15 is 0 Å². The number of amides is 2. The topological polar surface area (TPSA) is 82.1 Å². The van der Waals surface area contributed by atoms with E-state index in [0.29, 0.717) is 25.9 Å². The van der Waals surface area contributed by atoms with E-state index in [2.05, 4.69) is 5.43 Å². The first-order valence-electron chi connectivity index (χ1n) is 5.55. The third kappa shape index (κ3) is 5.01. The molecule has 0 aromatic heterocycles. The summed E-state index contributed by atoms with van der Waals surface area (Å²) in [4.78, 5) is 23.6. The Hall–Kier alpha value is -1.34. The molecule has 0 aromatic rings. The lowest BCUT2D eigenvalue weighted by atomic mass is 10.1. The number of hydrogen-bond donors (Lipinski definition) is 2. The van der Waals surface area contributed by atoms with Gasteiger partial charge in [-0.1, -0.05) is 0 Å². The summed E-state index contributed by atoms with van der Waals surface area (Å²) in [6.45, 7) is 0.905. The number of carboxylic acid groups (broad SMARTS) is 1. The van der Waals surface area contributed by atoms with Crippen molar-refractivity contribution in [3.63, 3.8) is 0 Å². The summed E-state index contributed by atoms with van der Waals surface area (Å²) in [5.74, 6) is -0.960. The van der Waals surface area contributed by atoms with Gasteiger partial charge in [0.05, 0.1) is 6.10 Å². The van der Waals surface area contributed by atoms with Crippen LogP contribution in [0.5, 0.6) is 0 Å². The van der Waals surface area contributed by atoms with Crippen molar-refractivity contribution in [2.45, 2.75) is 18.9 Å². The maximum Gasteiger partial charge on any atom is 0.331 e. The molecule has 1 fully saturated rings. The lowest BCUT2D eigenvalue weighted by molar-refractivity contribution is -0.145. The first-order chi connectivity index (χ1) is 7.99. The highest BCUT2D eigenvalue weighted by Gasteiger charge is 2.23. The SMILES string of the molecule is CN(C)NC(=O)N1CCC(OCC(=O)O)CC1. The molecular weight excluding hydrogens is 226 g/mol. The largest absolute Gasteiger partial charge is 0.480 e. The van der Waals surface area contributed by atoms with Gasteiger partial charge in [-0.3, -0.25) is 5.43 Å². The Kier molecular flexibility index (Phi) is 5.17. The second kappa shape index (κ2) is 6.41. The van der Waals surface area contributed by atoms with Gasteiger partial charge in [-0.2, -0.15) is 0 Å². The summed E-state index contributed by atoms with van der Waals surface area (Å²) < 4.78 is 5.19. The Balaban J connectivity index is 2.25. The number of hydrazine groups is 1. The van der Waals surface area contributed by atoms with Crippen molar-refractivity contribution in [2.75, 3.05) is 33.8 Å². The molecule has 7 heteroatoms. The number of likely N-dealkylation sites (tertiary alicyclic amines) is 1. The van der Waals surface area contributed by atoms with E-state index in [1.807, 2.05) is 0 Å². The van der Waals surface area contributed by atoms with E-state index in [9.17, 15) is 9.59 Å². The average Bonchev–Trinajstić information content (AvgIpc) is 2.26. The van der Waals surface area contributed by atoms with Crippen LogP contribution in [0.1, 0.15) is 12.8 Å². The molecule has 1 aliphatic rings. The van der Waals surface area contributed by atoms with Crippen LogP contribution < -0.4 is 5.43 Å². The second-order valence-electron chi connectivity index (χ2n) is 4.20. The zero-order valence-electron chi connectivity index (χ0n) is 10.2. The molecule has 2 N–H and O–H groups in total. The molecule has 17 heavy (non-hydrogen) atoms. The van der Waals surface area contributed by atoms with Gasteiger partial charge in [0.15, 0.2) is 0 Å². The van der Waals surface area contributed by atoms with E-state index in [1.165, 1.54) is 0 Å². The molecule has 98 valence electrons. The maximum absolute atomic E-state index is 11.6. The van der Waals surface area contributed by atoms with E-state index in [4.69, 9.17) is 9.84 Å². The molecule has 2 amide bonds. The van der Waals surface area contributed by atoms with E-state index < -0.39 is 5.97 Å². The van der Waals surface area contributed by atoms with Crippen LogP contribution in [0.4, 0.5) is 4.79 Å². The Morgan fingerprint density at radius 2 is 2.00 bits per heavy atom. The molecule has 0 saturated carbocycles. The zero-order chi connectivity index (χ0) is 12.8. The van der Waals surface area contributed by atoms with Crippen LogP contribution >= 0.6 is 0 Å². The van der Waals surface area contributed by atoms with Gasteiger partial charge in [0.2, 0.25) is 0 Å². The third-order valence-corrected chi connectivity index (χ3v) is 2.49. The Morgan fingerprint density at radius 1 is 1.41 bits per heavy atom. The standard InChI is InChI=1S/C10H19N3O4/c1-12(2)11-10(16)13-5-3-8(4-6-13)17-7-9(14)15/h8H,3-7H2,1-2H3,(H,11,16)(H,14,15). The van der Waals surface area contributed by atoms with Crippen LogP contribution in [0, 0.1) is 0 Å². The lowest BCUT2D eigenvalue weighted by Crippen LogP contribution is -2.49. The number of rotatable bonds is 4. The molecule has 7 nitrogen and oxygen atoms in total. The van der Waals surface area contributed by atoms with Crippen molar-refractivity contribution in [3.8, 4) is 0 Å². The molecular formula is C10H19N3O4. The van der Waals surface area contributed by atoms with Crippen molar-refractivity contribution >= 4 is 12.0 Å². The van der Waals surface area contributed by atoms with Gasteiger partial charge in [-0.05, 0) is 12.8 Å². The van der Waals surface area contributed by atoms with Crippen LogP contribution in [0.15, 0.2) is 0 Å². The summed E-state index contributed by atoms with van der Waals surface area (Å²) in [7, 11) is 3.50. The van der Waals surface area contributed by atoms with Crippen LogP contribution in [-0.4, -0.2) is 66.9 Å². The van der Waals surface area contributed by atoms with Crippen molar-refractivity contribution in [3.05, 3.63) is 0 Å². The van der Waals surface area contributed by atoms with Crippen LogP contribution in [0.3, 0.4) is 0 Å². The molecule has 0 radical (unpaired) electrons. The minimum atomic E-state index is -0.960. The molecule has 0 spiro atoms. The molecule has 1 heterocycles. The number of piperidine rings is 1. The van der Waals surface area contributed by atoms with Gasteiger partial charge < -0.3 is 14.7 Å². The van der Waals surface area contributed by atoms with Crippen molar-refractivity contribution in [1.82, 2.24) is 15.3 Å². The highest BCUT2D eigenvalue weighted by atomic mass is 16.5. The average molecular weight is 245 g/mol. The summed E-state index contributed by atoms with van der Waals surface area (Å²) in [6.07, 6.45) is 1.29. The van der Waals surface area contributed by atoms with Crippen LogP contribution in [0.2, 0.25) is 0 Å². The predicted molar refractivity (Wildman–Crippen MR) is 60.4 cm³/mol. The number of aliphatic carboxylic acids is 1. The maximum atomic E-state index is 11.6. The molecule has 0 atom stereocenters. The van der Waals surface area contributed by atoms with E-state index in [-0.39, 0.29) is 18.7 Å². The highest BCUT2D eigenvalue weighted by Crippen LogP contribution is 2.13. The Bertz CT molecular complexity index is 275. The zero-order valence-corrected chi connectivity index (χ0v) is 10.2. The number of urea groups is 1. The van der Waals surface area contributed by atoms with Crippen LogP contribution in [0.25, 0.3) is 0 Å². The number of carbonyl (C=O) groups is 2. The van der Waals surface area contributed by atoms with Gasteiger partial charge >= 0.3 is 12.0 Å². The minimum Gasteiger partial charge on any atom is -0.480 e. The number of carbonyl (C=O) groups excluding carboxylic acids is 1. The first-order valence-corrected chi connectivity index (χ1v) is 5.55. The van der Waals surface area contributed by atoms with Gasteiger partial charge in [0, 0.05) is 27.2 Å². The van der Waals surface area contributed by atoms with Crippen molar-refractivity contribution in [2.24, 2.45) is 0 Å². The molecule has 1 aliphatic heterocycles. The molecule has 1 rings (SSSR count). The summed E-state index contributed by atoms with van der Waals surface area (Å²) in [6, 6.07) is -0.133. The number of carboxylic acids is 1.